The standard InChI is InChI=1S/C21H29N5O3/c1-22(2)16-20(27)24-9-7-23(8-10-24)19-6-5-18-4-3-17(15-26(18)19)21(28)25-11-13-29-14-12-25/h3-6,15H,7-14,16H2,1-2H3. The highest BCUT2D eigenvalue weighted by Crippen LogP contribution is 2.22. The van der Waals surface area contributed by atoms with Crippen molar-refractivity contribution in [3.8, 4) is 0 Å². The van der Waals surface area contributed by atoms with Gasteiger partial charge in [-0.15, -0.1) is 0 Å². The zero-order valence-corrected chi connectivity index (χ0v) is 17.2. The summed E-state index contributed by atoms with van der Waals surface area (Å²) < 4.78 is 7.44. The van der Waals surface area contributed by atoms with E-state index in [2.05, 4.69) is 21.4 Å². The third kappa shape index (κ3) is 4.23. The Labute approximate surface area is 171 Å². The number of aromatic nitrogens is 1. The Balaban J connectivity index is 1.48. The molecule has 0 unspecified atom stereocenters. The molecule has 0 aliphatic carbocycles. The zero-order valence-electron chi connectivity index (χ0n) is 17.2. The summed E-state index contributed by atoms with van der Waals surface area (Å²) in [6.45, 7) is 5.91. The fraction of sp³-hybridized carbons (Fsp3) is 0.524. The van der Waals surface area contributed by atoms with Crippen LogP contribution in [0.2, 0.25) is 0 Å². The van der Waals surface area contributed by atoms with Gasteiger partial charge in [-0.3, -0.25) is 9.59 Å². The number of pyridine rings is 1. The van der Waals surface area contributed by atoms with Gasteiger partial charge in [-0.25, -0.2) is 0 Å². The molecule has 4 heterocycles. The Hall–Kier alpha value is -2.58. The van der Waals surface area contributed by atoms with E-state index in [4.69, 9.17) is 4.74 Å². The lowest BCUT2D eigenvalue weighted by atomic mass is 10.2. The SMILES string of the molecule is CN(C)CC(=O)N1CCN(c2ccc3ccc(C(=O)N4CCOCC4)cn23)CC1. The molecule has 8 nitrogen and oxygen atoms in total. The minimum absolute atomic E-state index is 0.0500. The number of anilines is 1. The van der Waals surface area contributed by atoms with Crippen molar-refractivity contribution in [1.29, 1.82) is 0 Å². The molecule has 2 aromatic heterocycles. The van der Waals surface area contributed by atoms with Crippen LogP contribution in [0.5, 0.6) is 0 Å². The summed E-state index contributed by atoms with van der Waals surface area (Å²) in [5.74, 6) is 1.29. The molecule has 0 spiro atoms. The number of nitrogens with zero attached hydrogens (tertiary/aromatic N) is 5. The molecule has 0 radical (unpaired) electrons. The number of piperazine rings is 1. The van der Waals surface area contributed by atoms with Gasteiger partial charge in [0.25, 0.3) is 5.91 Å². The summed E-state index contributed by atoms with van der Waals surface area (Å²) in [6.07, 6.45) is 1.94. The van der Waals surface area contributed by atoms with E-state index in [0.29, 0.717) is 51.5 Å². The van der Waals surface area contributed by atoms with Crippen molar-refractivity contribution in [2.75, 3.05) is 78.0 Å². The van der Waals surface area contributed by atoms with Crippen LogP contribution in [0, 0.1) is 0 Å². The van der Waals surface area contributed by atoms with E-state index >= 15 is 0 Å². The average Bonchev–Trinajstić information content (AvgIpc) is 3.16. The first-order chi connectivity index (χ1) is 14.0. The predicted octanol–water partition coefficient (Wildman–Crippen LogP) is 0.622. The normalized spacial score (nSPS) is 18.0. The van der Waals surface area contributed by atoms with Gasteiger partial charge in [0.15, 0.2) is 0 Å². The number of likely N-dealkylation sites (N-methyl/N-ethyl adjacent to an activating group) is 1. The molecule has 0 atom stereocenters. The quantitative estimate of drug-likeness (QED) is 0.755. The molecule has 0 bridgehead atoms. The van der Waals surface area contributed by atoms with E-state index in [9.17, 15) is 9.59 Å². The van der Waals surface area contributed by atoms with Crippen molar-refractivity contribution in [2.45, 2.75) is 0 Å². The van der Waals surface area contributed by atoms with Crippen molar-refractivity contribution in [1.82, 2.24) is 19.1 Å². The van der Waals surface area contributed by atoms with Crippen molar-refractivity contribution in [3.05, 3.63) is 36.0 Å². The van der Waals surface area contributed by atoms with Crippen LogP contribution in [0.4, 0.5) is 5.82 Å². The molecule has 2 fully saturated rings. The van der Waals surface area contributed by atoms with E-state index < -0.39 is 0 Å². The zero-order chi connectivity index (χ0) is 20.4. The van der Waals surface area contributed by atoms with Gasteiger partial charge in [0, 0.05) is 51.0 Å². The smallest absolute Gasteiger partial charge is 0.255 e. The first-order valence-electron chi connectivity index (χ1n) is 10.2. The van der Waals surface area contributed by atoms with Crippen LogP contribution in [0.15, 0.2) is 30.5 Å². The van der Waals surface area contributed by atoms with E-state index in [1.807, 2.05) is 47.1 Å². The second-order valence-electron chi connectivity index (χ2n) is 7.91. The maximum Gasteiger partial charge on any atom is 0.255 e. The third-order valence-corrected chi connectivity index (χ3v) is 5.58. The molecule has 0 aromatic carbocycles. The van der Waals surface area contributed by atoms with Crippen LogP contribution in [-0.4, -0.2) is 104 Å². The van der Waals surface area contributed by atoms with Crippen LogP contribution in [-0.2, 0) is 9.53 Å². The van der Waals surface area contributed by atoms with Crippen LogP contribution >= 0.6 is 0 Å². The Morgan fingerprint density at radius 1 is 0.931 bits per heavy atom. The molecule has 2 aliphatic heterocycles. The molecule has 2 saturated heterocycles. The van der Waals surface area contributed by atoms with Gasteiger partial charge in [-0.1, -0.05) is 0 Å². The molecule has 2 aliphatic rings. The number of amides is 2. The number of ether oxygens (including phenoxy) is 1. The highest BCUT2D eigenvalue weighted by molar-refractivity contribution is 5.94. The average molecular weight is 399 g/mol. The number of hydrogen-bond donors (Lipinski definition) is 0. The van der Waals surface area contributed by atoms with Gasteiger partial charge in [0.05, 0.1) is 25.3 Å². The first kappa shape index (κ1) is 19.7. The first-order valence-corrected chi connectivity index (χ1v) is 10.2. The number of carbonyl (C=O) groups excluding carboxylic acids is 2. The lowest BCUT2D eigenvalue weighted by Crippen LogP contribution is -2.51. The number of fused-ring (bicyclic) bond motifs is 1. The maximum absolute atomic E-state index is 12.9. The summed E-state index contributed by atoms with van der Waals surface area (Å²) in [5, 5.41) is 0. The Morgan fingerprint density at radius 3 is 2.31 bits per heavy atom. The molecule has 4 rings (SSSR count). The number of hydrogen-bond acceptors (Lipinski definition) is 5. The molecule has 2 amide bonds. The molecular formula is C21H29N5O3. The fourth-order valence-electron chi connectivity index (χ4n) is 3.98. The van der Waals surface area contributed by atoms with Crippen LogP contribution in [0.1, 0.15) is 10.4 Å². The summed E-state index contributed by atoms with van der Waals surface area (Å²) in [5.41, 5.74) is 1.75. The lowest BCUT2D eigenvalue weighted by molar-refractivity contribution is -0.132. The number of morpholine rings is 1. The Bertz CT molecular complexity index is 880. The number of carbonyl (C=O) groups is 2. The van der Waals surface area contributed by atoms with E-state index in [1.165, 1.54) is 0 Å². The molecule has 2 aromatic rings. The summed E-state index contributed by atoms with van der Waals surface area (Å²) >= 11 is 0. The van der Waals surface area contributed by atoms with Crippen LogP contribution in [0.3, 0.4) is 0 Å². The molecule has 8 heteroatoms. The minimum Gasteiger partial charge on any atom is -0.378 e. The van der Waals surface area contributed by atoms with Crippen molar-refractivity contribution < 1.29 is 14.3 Å². The van der Waals surface area contributed by atoms with Gasteiger partial charge >= 0.3 is 0 Å². The summed E-state index contributed by atoms with van der Waals surface area (Å²) in [6, 6.07) is 8.06. The van der Waals surface area contributed by atoms with Gasteiger partial charge < -0.3 is 28.7 Å². The van der Waals surface area contributed by atoms with Gasteiger partial charge in [0.1, 0.15) is 5.82 Å². The van der Waals surface area contributed by atoms with Crippen molar-refractivity contribution >= 4 is 23.1 Å². The Morgan fingerprint density at radius 2 is 1.62 bits per heavy atom. The van der Waals surface area contributed by atoms with E-state index in [0.717, 1.165) is 24.4 Å². The number of rotatable bonds is 4. The molecule has 156 valence electrons. The summed E-state index contributed by atoms with van der Waals surface area (Å²) in [4.78, 5) is 33.1. The lowest BCUT2D eigenvalue weighted by Gasteiger charge is -2.36. The summed E-state index contributed by atoms with van der Waals surface area (Å²) in [7, 11) is 3.83. The fourth-order valence-corrected chi connectivity index (χ4v) is 3.98. The van der Waals surface area contributed by atoms with Crippen molar-refractivity contribution in [2.24, 2.45) is 0 Å². The van der Waals surface area contributed by atoms with Crippen LogP contribution < -0.4 is 4.90 Å². The minimum atomic E-state index is 0.0500. The highest BCUT2D eigenvalue weighted by Gasteiger charge is 2.24. The molecule has 29 heavy (non-hydrogen) atoms. The predicted molar refractivity (Wildman–Crippen MR) is 111 cm³/mol. The molecule has 0 saturated carbocycles. The van der Waals surface area contributed by atoms with Gasteiger partial charge in [-0.05, 0) is 38.4 Å². The van der Waals surface area contributed by atoms with E-state index in [1.54, 1.807) is 0 Å². The topological polar surface area (TPSA) is 60.7 Å². The molecular weight excluding hydrogens is 370 g/mol. The maximum atomic E-state index is 12.9. The third-order valence-electron chi connectivity index (χ3n) is 5.58. The largest absolute Gasteiger partial charge is 0.378 e. The highest BCUT2D eigenvalue weighted by atomic mass is 16.5. The van der Waals surface area contributed by atoms with Crippen LogP contribution in [0.25, 0.3) is 5.52 Å². The Kier molecular flexibility index (Phi) is 5.73. The van der Waals surface area contributed by atoms with Gasteiger partial charge in [0.2, 0.25) is 5.91 Å². The van der Waals surface area contributed by atoms with Crippen molar-refractivity contribution in [3.63, 3.8) is 0 Å². The van der Waals surface area contributed by atoms with Gasteiger partial charge in [-0.2, -0.15) is 0 Å². The monoisotopic (exact) mass is 399 g/mol. The molecule has 0 N–H and O–H groups in total. The van der Waals surface area contributed by atoms with E-state index in [-0.39, 0.29) is 11.8 Å². The second kappa shape index (κ2) is 8.42. The second-order valence-corrected chi connectivity index (χ2v) is 7.91.